The Morgan fingerprint density at radius 1 is 1.15 bits per heavy atom. The molecule has 3 nitrogen and oxygen atoms in total. The first-order chi connectivity index (χ1) is 12.1. The normalized spacial score (nSPS) is 27.4. The molecule has 0 radical (unpaired) electrons. The molecule has 2 saturated heterocycles. The minimum atomic E-state index is -1.87. The van der Waals surface area contributed by atoms with Crippen LogP contribution in [0.4, 0.5) is 4.39 Å². The van der Waals surface area contributed by atoms with E-state index in [9.17, 15) is 9.18 Å². The summed E-state index contributed by atoms with van der Waals surface area (Å²) >= 11 is 0. The van der Waals surface area contributed by atoms with Crippen LogP contribution >= 0.6 is 0 Å². The Kier molecular flexibility index (Phi) is 5.32. The van der Waals surface area contributed by atoms with Crippen LogP contribution in [0.25, 0.3) is 0 Å². The van der Waals surface area contributed by atoms with Crippen molar-refractivity contribution in [2.75, 3.05) is 0 Å². The third-order valence-electron chi connectivity index (χ3n) is 6.49. The number of carbonyl (C=O) groups is 1. The molecule has 0 saturated carbocycles. The number of carbonyl (C=O) groups excluding carboxylic acids is 1. The Morgan fingerprint density at radius 3 is 2.42 bits per heavy atom. The molecular weight excluding hydrogens is 345 g/mol. The van der Waals surface area contributed by atoms with Crippen molar-refractivity contribution in [2.45, 2.75) is 89.2 Å². The second-order valence-electron chi connectivity index (χ2n) is 9.39. The highest BCUT2D eigenvalue weighted by Gasteiger charge is 2.45. The summed E-state index contributed by atoms with van der Waals surface area (Å²) in [4.78, 5) is 14.7. The fraction of sp³-hybridized carbons (Fsp3) is 0.667. The number of halogens is 1. The summed E-state index contributed by atoms with van der Waals surface area (Å²) in [6.07, 6.45) is 4.53. The fourth-order valence-corrected chi connectivity index (χ4v) is 5.43. The SMILES string of the molecule is CC(C)(C)[Si](C)(C)O[C@@H]1C[C@H]2CCCC(=O)N2[C@H](c2ccc(F)cc2)C1. The summed E-state index contributed by atoms with van der Waals surface area (Å²) in [7, 11) is -1.87. The van der Waals surface area contributed by atoms with Crippen LogP contribution in [-0.4, -0.2) is 31.3 Å². The highest BCUT2D eigenvalue weighted by Crippen LogP contribution is 2.44. The Labute approximate surface area is 158 Å². The number of nitrogens with zero attached hydrogens (tertiary/aromatic N) is 1. The van der Waals surface area contributed by atoms with Crippen LogP contribution in [0.5, 0.6) is 0 Å². The minimum Gasteiger partial charge on any atom is -0.414 e. The predicted octanol–water partition coefficient (Wildman–Crippen LogP) is 5.43. The van der Waals surface area contributed by atoms with E-state index < -0.39 is 8.32 Å². The number of amides is 1. The van der Waals surface area contributed by atoms with E-state index in [1.54, 1.807) is 0 Å². The van der Waals surface area contributed by atoms with Crippen LogP contribution in [0.15, 0.2) is 24.3 Å². The zero-order valence-corrected chi connectivity index (χ0v) is 17.7. The third-order valence-corrected chi connectivity index (χ3v) is 11.0. The van der Waals surface area contributed by atoms with Crippen molar-refractivity contribution >= 4 is 14.2 Å². The van der Waals surface area contributed by atoms with Gasteiger partial charge in [-0.1, -0.05) is 32.9 Å². The van der Waals surface area contributed by atoms with Gasteiger partial charge in [-0.2, -0.15) is 0 Å². The smallest absolute Gasteiger partial charge is 0.223 e. The van der Waals surface area contributed by atoms with E-state index in [-0.39, 0.29) is 35.0 Å². The first-order valence-electron chi connectivity index (χ1n) is 9.83. The molecule has 2 heterocycles. The summed E-state index contributed by atoms with van der Waals surface area (Å²) in [6.45, 7) is 11.4. The fourth-order valence-electron chi connectivity index (χ4n) is 4.05. The monoisotopic (exact) mass is 377 g/mol. The highest BCUT2D eigenvalue weighted by molar-refractivity contribution is 6.74. The van der Waals surface area contributed by atoms with Crippen LogP contribution in [0.3, 0.4) is 0 Å². The van der Waals surface area contributed by atoms with Gasteiger partial charge in [-0.05, 0) is 61.5 Å². The molecule has 3 rings (SSSR count). The van der Waals surface area contributed by atoms with Crippen molar-refractivity contribution in [1.29, 1.82) is 0 Å². The van der Waals surface area contributed by atoms with Gasteiger partial charge in [-0.15, -0.1) is 0 Å². The maximum Gasteiger partial charge on any atom is 0.223 e. The van der Waals surface area contributed by atoms with Gasteiger partial charge in [-0.25, -0.2) is 4.39 Å². The standard InChI is InChI=1S/C21H32FNO2Si/c1-21(2,3)26(4,5)25-18-13-17-7-6-8-20(24)23(17)19(14-18)15-9-11-16(22)12-10-15/h9-12,17-19H,6-8,13-14H2,1-5H3/t17-,18-,19+/m1/s1. The van der Waals surface area contributed by atoms with Gasteiger partial charge in [0.25, 0.3) is 0 Å². The zero-order chi connectivity index (χ0) is 19.1. The van der Waals surface area contributed by atoms with Crippen molar-refractivity contribution in [3.05, 3.63) is 35.6 Å². The highest BCUT2D eigenvalue weighted by atomic mass is 28.4. The van der Waals surface area contributed by atoms with E-state index in [0.29, 0.717) is 6.42 Å². The van der Waals surface area contributed by atoms with Crippen molar-refractivity contribution < 1.29 is 13.6 Å². The van der Waals surface area contributed by atoms with Crippen molar-refractivity contribution in [3.63, 3.8) is 0 Å². The van der Waals surface area contributed by atoms with Crippen LogP contribution in [0.1, 0.15) is 64.5 Å². The van der Waals surface area contributed by atoms with Gasteiger partial charge in [-0.3, -0.25) is 4.79 Å². The van der Waals surface area contributed by atoms with Gasteiger partial charge in [0.2, 0.25) is 5.91 Å². The molecule has 0 aliphatic carbocycles. The summed E-state index contributed by atoms with van der Waals surface area (Å²) in [5.41, 5.74) is 1.02. The van der Waals surface area contributed by atoms with E-state index in [1.807, 2.05) is 12.1 Å². The van der Waals surface area contributed by atoms with Gasteiger partial charge >= 0.3 is 0 Å². The zero-order valence-electron chi connectivity index (χ0n) is 16.7. The van der Waals surface area contributed by atoms with Gasteiger partial charge in [0, 0.05) is 18.6 Å². The molecule has 2 fully saturated rings. The van der Waals surface area contributed by atoms with Crippen molar-refractivity contribution in [2.24, 2.45) is 0 Å². The molecule has 2 aliphatic heterocycles. The summed E-state index contributed by atoms with van der Waals surface area (Å²) in [6, 6.07) is 6.89. The third kappa shape index (κ3) is 3.89. The first-order valence-corrected chi connectivity index (χ1v) is 12.7. The number of hydrogen-bond donors (Lipinski definition) is 0. The molecule has 3 atom stereocenters. The Morgan fingerprint density at radius 2 is 1.81 bits per heavy atom. The van der Waals surface area contributed by atoms with Crippen LogP contribution in [0.2, 0.25) is 18.1 Å². The lowest BCUT2D eigenvalue weighted by atomic mass is 9.84. The number of benzene rings is 1. The molecular formula is C21H32FNO2Si. The minimum absolute atomic E-state index is 0.00285. The maximum atomic E-state index is 13.4. The molecule has 5 heteroatoms. The van der Waals surface area contributed by atoms with E-state index >= 15 is 0 Å². The number of hydrogen-bond acceptors (Lipinski definition) is 2. The molecule has 1 amide bonds. The molecule has 1 aromatic rings. The molecule has 2 aliphatic rings. The summed E-state index contributed by atoms with van der Waals surface area (Å²) in [5.74, 6) is 0.00139. The van der Waals surface area contributed by atoms with E-state index in [2.05, 4.69) is 38.8 Å². The van der Waals surface area contributed by atoms with Crippen molar-refractivity contribution in [3.8, 4) is 0 Å². The molecule has 0 spiro atoms. The first kappa shape index (κ1) is 19.6. The average molecular weight is 378 g/mol. The van der Waals surface area contributed by atoms with E-state index in [1.165, 1.54) is 12.1 Å². The molecule has 0 bridgehead atoms. The number of rotatable bonds is 3. The number of fused-ring (bicyclic) bond motifs is 1. The Balaban J connectivity index is 1.87. The summed E-state index contributed by atoms with van der Waals surface area (Å²) in [5, 5.41) is 0.165. The largest absolute Gasteiger partial charge is 0.414 e. The van der Waals surface area contributed by atoms with E-state index in [0.717, 1.165) is 31.2 Å². The van der Waals surface area contributed by atoms with Gasteiger partial charge in [0.1, 0.15) is 5.82 Å². The number of piperidine rings is 2. The lowest BCUT2D eigenvalue weighted by Crippen LogP contribution is -2.54. The van der Waals surface area contributed by atoms with Crippen LogP contribution in [-0.2, 0) is 9.22 Å². The topological polar surface area (TPSA) is 29.5 Å². The molecule has 0 N–H and O–H groups in total. The molecule has 0 unspecified atom stereocenters. The lowest BCUT2D eigenvalue weighted by molar-refractivity contribution is -0.144. The van der Waals surface area contributed by atoms with Gasteiger partial charge in [0.05, 0.1) is 6.04 Å². The maximum absolute atomic E-state index is 13.4. The van der Waals surface area contributed by atoms with Gasteiger partial charge < -0.3 is 9.33 Å². The lowest BCUT2D eigenvalue weighted by Gasteiger charge is -2.50. The molecule has 1 aromatic carbocycles. The van der Waals surface area contributed by atoms with Gasteiger partial charge in [0.15, 0.2) is 8.32 Å². The summed E-state index contributed by atoms with van der Waals surface area (Å²) < 4.78 is 20.1. The van der Waals surface area contributed by atoms with Crippen LogP contribution in [0, 0.1) is 5.82 Å². The quantitative estimate of drug-likeness (QED) is 0.657. The second-order valence-corrected chi connectivity index (χ2v) is 14.1. The Hall–Kier alpha value is -1.20. The van der Waals surface area contributed by atoms with Crippen molar-refractivity contribution in [1.82, 2.24) is 4.90 Å². The van der Waals surface area contributed by atoms with Crippen LogP contribution < -0.4 is 0 Å². The second kappa shape index (κ2) is 7.08. The molecule has 0 aromatic heterocycles. The predicted molar refractivity (Wildman–Crippen MR) is 105 cm³/mol. The molecule has 144 valence electrons. The average Bonchev–Trinajstić information content (AvgIpc) is 2.53. The molecule has 26 heavy (non-hydrogen) atoms. The Bertz CT molecular complexity index is 653. The van der Waals surface area contributed by atoms with E-state index in [4.69, 9.17) is 4.43 Å².